The van der Waals surface area contributed by atoms with Gasteiger partial charge in [0.15, 0.2) is 0 Å². The molecule has 0 fully saturated rings. The number of aromatic hydroxyl groups is 1. The fraction of sp³-hybridized carbons (Fsp3) is 0.250. The molecule has 98 valence electrons. The molecule has 0 radical (unpaired) electrons. The summed E-state index contributed by atoms with van der Waals surface area (Å²) in [6.45, 7) is 2.24. The van der Waals surface area contributed by atoms with E-state index < -0.39 is 6.10 Å². The molecule has 2 aromatic rings. The third kappa shape index (κ3) is 2.62. The van der Waals surface area contributed by atoms with Crippen LogP contribution < -0.4 is 0 Å². The second kappa shape index (κ2) is 5.03. The van der Waals surface area contributed by atoms with E-state index in [1.165, 1.54) is 5.56 Å². The Morgan fingerprint density at radius 1 is 1.11 bits per heavy atom. The van der Waals surface area contributed by atoms with Crippen LogP contribution in [-0.2, 0) is 13.1 Å². The van der Waals surface area contributed by atoms with Crippen LogP contribution in [0.1, 0.15) is 22.8 Å². The molecular weight excluding hydrogens is 238 g/mol. The van der Waals surface area contributed by atoms with E-state index in [0.29, 0.717) is 6.54 Å². The highest BCUT2D eigenvalue weighted by Crippen LogP contribution is 2.30. The largest absolute Gasteiger partial charge is 0.508 e. The van der Waals surface area contributed by atoms with Crippen LogP contribution in [0.5, 0.6) is 5.75 Å². The first-order chi connectivity index (χ1) is 9.22. The summed E-state index contributed by atoms with van der Waals surface area (Å²) < 4.78 is 0. The molecule has 0 saturated heterocycles. The number of fused-ring (bicyclic) bond motifs is 1. The van der Waals surface area contributed by atoms with Gasteiger partial charge in [0.1, 0.15) is 5.75 Å². The predicted molar refractivity (Wildman–Crippen MR) is 73.6 cm³/mol. The van der Waals surface area contributed by atoms with Crippen LogP contribution in [0.15, 0.2) is 48.5 Å². The monoisotopic (exact) mass is 255 g/mol. The van der Waals surface area contributed by atoms with E-state index in [9.17, 15) is 10.2 Å². The molecule has 2 N–H and O–H groups in total. The van der Waals surface area contributed by atoms with Gasteiger partial charge in [-0.25, -0.2) is 0 Å². The minimum atomic E-state index is -0.528. The lowest BCUT2D eigenvalue weighted by Crippen LogP contribution is -2.33. The van der Waals surface area contributed by atoms with Gasteiger partial charge in [0, 0.05) is 19.6 Å². The van der Waals surface area contributed by atoms with Crippen molar-refractivity contribution in [3.05, 3.63) is 65.2 Å². The summed E-state index contributed by atoms with van der Waals surface area (Å²) >= 11 is 0. The Labute approximate surface area is 112 Å². The summed E-state index contributed by atoms with van der Waals surface area (Å²) in [5, 5.41) is 19.7. The SMILES string of the molecule is Oc1ccc2c(c1)[C@H](O)CN(Cc1ccccc1)C2. The van der Waals surface area contributed by atoms with Crippen molar-refractivity contribution < 1.29 is 10.2 Å². The van der Waals surface area contributed by atoms with Crippen molar-refractivity contribution in [3.63, 3.8) is 0 Å². The molecule has 3 rings (SSSR count). The van der Waals surface area contributed by atoms with Crippen molar-refractivity contribution in [2.24, 2.45) is 0 Å². The quantitative estimate of drug-likeness (QED) is 0.866. The molecule has 3 heteroatoms. The number of hydrogen-bond donors (Lipinski definition) is 2. The highest BCUT2D eigenvalue weighted by Gasteiger charge is 2.23. The van der Waals surface area contributed by atoms with Gasteiger partial charge in [-0.15, -0.1) is 0 Å². The number of benzene rings is 2. The fourth-order valence-electron chi connectivity index (χ4n) is 2.65. The van der Waals surface area contributed by atoms with E-state index in [2.05, 4.69) is 17.0 Å². The smallest absolute Gasteiger partial charge is 0.115 e. The van der Waals surface area contributed by atoms with Crippen molar-refractivity contribution in [1.82, 2.24) is 4.90 Å². The first-order valence-electron chi connectivity index (χ1n) is 6.48. The zero-order valence-corrected chi connectivity index (χ0v) is 10.7. The second-order valence-electron chi connectivity index (χ2n) is 5.05. The maximum atomic E-state index is 10.2. The third-order valence-electron chi connectivity index (χ3n) is 3.56. The Morgan fingerprint density at radius 2 is 1.89 bits per heavy atom. The summed E-state index contributed by atoms with van der Waals surface area (Å²) in [7, 11) is 0. The Balaban J connectivity index is 1.80. The van der Waals surface area contributed by atoms with Crippen LogP contribution >= 0.6 is 0 Å². The standard InChI is InChI=1S/C16H17NO2/c18-14-7-6-13-10-17(11-16(19)15(13)8-14)9-12-4-2-1-3-5-12/h1-8,16,18-19H,9-11H2/t16-/m1/s1. The Kier molecular flexibility index (Phi) is 3.23. The van der Waals surface area contributed by atoms with Gasteiger partial charge >= 0.3 is 0 Å². The highest BCUT2D eigenvalue weighted by atomic mass is 16.3. The number of β-amino-alcohol motifs (C(OH)–C–C–N with tert-alkyl or cyclic N) is 1. The first-order valence-corrected chi connectivity index (χ1v) is 6.48. The number of phenolic OH excluding ortho intramolecular Hbond substituents is 1. The molecule has 1 aliphatic rings. The Morgan fingerprint density at radius 3 is 2.68 bits per heavy atom. The molecule has 2 aromatic carbocycles. The Hall–Kier alpha value is -1.84. The third-order valence-corrected chi connectivity index (χ3v) is 3.56. The van der Waals surface area contributed by atoms with E-state index >= 15 is 0 Å². The zero-order chi connectivity index (χ0) is 13.2. The average molecular weight is 255 g/mol. The summed E-state index contributed by atoms with van der Waals surface area (Å²) in [6.07, 6.45) is -0.528. The number of rotatable bonds is 2. The summed E-state index contributed by atoms with van der Waals surface area (Å²) in [5.41, 5.74) is 3.19. The zero-order valence-electron chi connectivity index (χ0n) is 10.7. The van der Waals surface area contributed by atoms with Crippen LogP contribution in [0.25, 0.3) is 0 Å². The van der Waals surface area contributed by atoms with Crippen LogP contribution in [0.2, 0.25) is 0 Å². The van der Waals surface area contributed by atoms with Crippen molar-refractivity contribution >= 4 is 0 Å². The minimum absolute atomic E-state index is 0.217. The van der Waals surface area contributed by atoms with Crippen molar-refractivity contribution in [3.8, 4) is 5.75 Å². The van der Waals surface area contributed by atoms with Gasteiger partial charge < -0.3 is 10.2 Å². The summed E-state index contributed by atoms with van der Waals surface area (Å²) in [6, 6.07) is 15.5. The lowest BCUT2D eigenvalue weighted by molar-refractivity contribution is 0.0879. The maximum absolute atomic E-state index is 10.2. The Bertz CT molecular complexity index is 568. The number of nitrogens with zero attached hydrogens (tertiary/aromatic N) is 1. The molecule has 0 aliphatic carbocycles. The van der Waals surface area contributed by atoms with E-state index in [0.717, 1.165) is 24.2 Å². The van der Waals surface area contributed by atoms with Gasteiger partial charge in [0.05, 0.1) is 6.10 Å². The minimum Gasteiger partial charge on any atom is -0.508 e. The molecule has 0 amide bonds. The lowest BCUT2D eigenvalue weighted by atomic mass is 9.96. The molecular formula is C16H17NO2. The molecule has 0 aromatic heterocycles. The van der Waals surface area contributed by atoms with E-state index in [-0.39, 0.29) is 5.75 Å². The predicted octanol–water partition coefficient (Wildman–Crippen LogP) is 2.44. The van der Waals surface area contributed by atoms with Gasteiger partial charge in [-0.3, -0.25) is 4.90 Å². The molecule has 1 heterocycles. The first kappa shape index (κ1) is 12.2. The average Bonchev–Trinajstić information content (AvgIpc) is 2.41. The number of aliphatic hydroxyl groups is 1. The molecule has 0 unspecified atom stereocenters. The molecule has 19 heavy (non-hydrogen) atoms. The topological polar surface area (TPSA) is 43.7 Å². The normalized spacial score (nSPS) is 19.1. The molecule has 1 aliphatic heterocycles. The highest BCUT2D eigenvalue weighted by molar-refractivity contribution is 5.38. The fourth-order valence-corrected chi connectivity index (χ4v) is 2.65. The van der Waals surface area contributed by atoms with Crippen molar-refractivity contribution in [2.75, 3.05) is 6.54 Å². The van der Waals surface area contributed by atoms with Crippen molar-refractivity contribution in [1.29, 1.82) is 0 Å². The molecule has 0 bridgehead atoms. The van der Waals surface area contributed by atoms with Crippen LogP contribution in [0.4, 0.5) is 0 Å². The lowest BCUT2D eigenvalue weighted by Gasteiger charge is -2.32. The van der Waals surface area contributed by atoms with E-state index in [4.69, 9.17) is 0 Å². The number of aliphatic hydroxyl groups excluding tert-OH is 1. The number of phenols is 1. The van der Waals surface area contributed by atoms with Gasteiger partial charge in [-0.05, 0) is 28.8 Å². The maximum Gasteiger partial charge on any atom is 0.115 e. The summed E-state index contributed by atoms with van der Waals surface area (Å²) in [5.74, 6) is 0.217. The molecule has 0 spiro atoms. The summed E-state index contributed by atoms with van der Waals surface area (Å²) in [4.78, 5) is 2.22. The van der Waals surface area contributed by atoms with Gasteiger partial charge in [-0.2, -0.15) is 0 Å². The van der Waals surface area contributed by atoms with Gasteiger partial charge in [0.25, 0.3) is 0 Å². The van der Waals surface area contributed by atoms with Crippen molar-refractivity contribution in [2.45, 2.75) is 19.2 Å². The van der Waals surface area contributed by atoms with Crippen LogP contribution in [-0.4, -0.2) is 21.7 Å². The second-order valence-corrected chi connectivity index (χ2v) is 5.05. The molecule has 3 nitrogen and oxygen atoms in total. The molecule has 1 atom stereocenters. The molecule has 0 saturated carbocycles. The van der Waals surface area contributed by atoms with E-state index in [1.807, 2.05) is 24.3 Å². The van der Waals surface area contributed by atoms with Crippen LogP contribution in [0, 0.1) is 0 Å². The van der Waals surface area contributed by atoms with Gasteiger partial charge in [0.2, 0.25) is 0 Å². The number of hydrogen-bond acceptors (Lipinski definition) is 3. The van der Waals surface area contributed by atoms with E-state index in [1.54, 1.807) is 12.1 Å². The van der Waals surface area contributed by atoms with Crippen LogP contribution in [0.3, 0.4) is 0 Å². The van der Waals surface area contributed by atoms with Gasteiger partial charge in [-0.1, -0.05) is 36.4 Å².